The van der Waals surface area contributed by atoms with Gasteiger partial charge in [0.25, 0.3) is 0 Å². The summed E-state index contributed by atoms with van der Waals surface area (Å²) in [6.45, 7) is 2.49. The lowest BCUT2D eigenvalue weighted by Gasteiger charge is -2.16. The molecule has 0 radical (unpaired) electrons. The lowest BCUT2D eigenvalue weighted by molar-refractivity contribution is -0.120. The minimum absolute atomic E-state index is 0.250. The van der Waals surface area contributed by atoms with Crippen LogP contribution in [0.1, 0.15) is 17.2 Å². The molecule has 18 heavy (non-hydrogen) atoms. The Morgan fingerprint density at radius 1 is 1.67 bits per heavy atom. The van der Waals surface area contributed by atoms with Crippen molar-refractivity contribution in [3.63, 3.8) is 0 Å². The molecule has 6 nitrogen and oxygen atoms in total. The van der Waals surface area contributed by atoms with Gasteiger partial charge in [-0.05, 0) is 29.6 Å². The van der Waals surface area contributed by atoms with E-state index in [4.69, 9.17) is 22.9 Å². The molecular weight excluding hydrogens is 254 g/mol. The molecule has 0 aromatic heterocycles. The van der Waals surface area contributed by atoms with Crippen molar-refractivity contribution in [1.29, 1.82) is 0 Å². The zero-order valence-corrected chi connectivity index (χ0v) is 10.7. The summed E-state index contributed by atoms with van der Waals surface area (Å²) in [6.07, 6.45) is 0. The van der Waals surface area contributed by atoms with E-state index in [-0.39, 0.29) is 6.54 Å². The third-order valence-electron chi connectivity index (χ3n) is 2.44. The summed E-state index contributed by atoms with van der Waals surface area (Å²) in [7, 11) is 0. The number of nitrogens with two attached hydrogens (primary N) is 1. The lowest BCUT2D eigenvalue weighted by Crippen LogP contribution is -2.34. The van der Waals surface area contributed by atoms with E-state index in [0.717, 1.165) is 5.56 Å². The largest absolute Gasteiger partial charge is 0.368 e. The molecular formula is C11H14ClN5O. The second-order valence-electron chi connectivity index (χ2n) is 3.75. The van der Waals surface area contributed by atoms with Gasteiger partial charge in [0.15, 0.2) is 0 Å². The summed E-state index contributed by atoms with van der Waals surface area (Å²) in [5.74, 6) is -0.504. The van der Waals surface area contributed by atoms with Crippen LogP contribution < -0.4 is 11.1 Å². The van der Waals surface area contributed by atoms with E-state index in [2.05, 4.69) is 15.3 Å². The van der Waals surface area contributed by atoms with Crippen molar-refractivity contribution in [2.45, 2.75) is 13.0 Å². The number of rotatable bonds is 6. The van der Waals surface area contributed by atoms with Gasteiger partial charge >= 0.3 is 0 Å². The first-order valence-corrected chi connectivity index (χ1v) is 5.73. The number of aryl methyl sites for hydroxylation is 1. The first kappa shape index (κ1) is 14.3. The van der Waals surface area contributed by atoms with E-state index in [0.29, 0.717) is 17.1 Å². The van der Waals surface area contributed by atoms with Crippen LogP contribution in [0.25, 0.3) is 10.4 Å². The van der Waals surface area contributed by atoms with E-state index < -0.39 is 11.9 Å². The number of nitrogens with zero attached hydrogens (tertiary/aromatic N) is 3. The topological polar surface area (TPSA) is 104 Å². The normalized spacial score (nSPS) is 11.7. The molecule has 1 unspecified atom stereocenters. The second-order valence-corrected chi connectivity index (χ2v) is 4.16. The minimum Gasteiger partial charge on any atom is -0.368 e. The Kier molecular flexibility index (Phi) is 5.45. The Hall–Kier alpha value is -1.75. The highest BCUT2D eigenvalue weighted by Gasteiger charge is 2.17. The van der Waals surface area contributed by atoms with Crippen LogP contribution >= 0.6 is 11.6 Å². The number of primary amides is 1. The zero-order valence-electron chi connectivity index (χ0n) is 9.93. The summed E-state index contributed by atoms with van der Waals surface area (Å²) in [4.78, 5) is 14.0. The third kappa shape index (κ3) is 3.92. The molecule has 0 heterocycles. The van der Waals surface area contributed by atoms with E-state index in [1.54, 1.807) is 12.1 Å². The maximum Gasteiger partial charge on any atom is 0.239 e. The van der Waals surface area contributed by atoms with Gasteiger partial charge in [-0.25, -0.2) is 0 Å². The van der Waals surface area contributed by atoms with Crippen LogP contribution in [0.3, 0.4) is 0 Å². The number of hydrogen-bond acceptors (Lipinski definition) is 3. The molecule has 7 heteroatoms. The van der Waals surface area contributed by atoms with E-state index in [9.17, 15) is 4.79 Å². The lowest BCUT2D eigenvalue weighted by atomic mass is 10.0. The van der Waals surface area contributed by atoms with Crippen LogP contribution in [0.5, 0.6) is 0 Å². The monoisotopic (exact) mass is 267 g/mol. The fourth-order valence-corrected chi connectivity index (χ4v) is 1.66. The number of carbonyl (C=O) groups excluding carboxylic acids is 1. The Balaban J connectivity index is 2.80. The fourth-order valence-electron chi connectivity index (χ4n) is 1.47. The molecule has 1 aromatic carbocycles. The third-order valence-corrected chi connectivity index (χ3v) is 2.84. The standard InChI is InChI=1S/C11H14ClN5O/c1-7-2-3-8(6-9(7)12)10(11(13)18)15-4-5-16-17-14/h2-3,6,10,15H,4-5H2,1H3,(H2,13,18). The summed E-state index contributed by atoms with van der Waals surface area (Å²) < 4.78 is 0. The molecule has 1 rings (SSSR count). The van der Waals surface area contributed by atoms with Gasteiger partial charge in [0.1, 0.15) is 6.04 Å². The molecule has 3 N–H and O–H groups in total. The number of azide groups is 1. The highest BCUT2D eigenvalue weighted by atomic mass is 35.5. The first-order valence-electron chi connectivity index (χ1n) is 5.36. The quantitative estimate of drug-likeness (QED) is 0.356. The van der Waals surface area contributed by atoms with Crippen molar-refractivity contribution in [2.24, 2.45) is 10.8 Å². The molecule has 1 atom stereocenters. The molecule has 1 aromatic rings. The number of amides is 1. The summed E-state index contributed by atoms with van der Waals surface area (Å²) >= 11 is 6.00. The van der Waals surface area contributed by atoms with Gasteiger partial charge in [0, 0.05) is 23.0 Å². The predicted molar refractivity (Wildman–Crippen MR) is 70.1 cm³/mol. The predicted octanol–water partition coefficient (Wildman–Crippen LogP) is 2.07. The molecule has 0 aliphatic heterocycles. The average molecular weight is 268 g/mol. The van der Waals surface area contributed by atoms with Gasteiger partial charge < -0.3 is 11.1 Å². The molecule has 0 saturated carbocycles. The molecule has 0 aliphatic carbocycles. The van der Waals surface area contributed by atoms with E-state index in [1.165, 1.54) is 0 Å². The summed E-state index contributed by atoms with van der Waals surface area (Å²) in [5.41, 5.74) is 15.1. The second kappa shape index (κ2) is 6.86. The van der Waals surface area contributed by atoms with Gasteiger partial charge in [-0.1, -0.05) is 28.8 Å². The number of carbonyl (C=O) groups is 1. The van der Waals surface area contributed by atoms with Gasteiger partial charge in [0.2, 0.25) is 5.91 Å². The minimum atomic E-state index is -0.642. The smallest absolute Gasteiger partial charge is 0.239 e. The Bertz CT molecular complexity index is 484. The molecule has 96 valence electrons. The molecule has 0 spiro atoms. The van der Waals surface area contributed by atoms with E-state index >= 15 is 0 Å². The number of benzene rings is 1. The maximum atomic E-state index is 11.4. The van der Waals surface area contributed by atoms with Gasteiger partial charge in [-0.2, -0.15) is 0 Å². The van der Waals surface area contributed by atoms with Crippen LogP contribution in [0.4, 0.5) is 0 Å². The number of nitrogens with one attached hydrogen (secondary N) is 1. The van der Waals surface area contributed by atoms with Crippen molar-refractivity contribution < 1.29 is 4.79 Å². The average Bonchev–Trinajstić information content (AvgIpc) is 2.32. The molecule has 0 saturated heterocycles. The Morgan fingerprint density at radius 3 is 2.94 bits per heavy atom. The van der Waals surface area contributed by atoms with Crippen molar-refractivity contribution in [2.75, 3.05) is 13.1 Å². The highest BCUT2D eigenvalue weighted by molar-refractivity contribution is 6.31. The van der Waals surface area contributed by atoms with Gasteiger partial charge in [-0.3, -0.25) is 4.79 Å². The maximum absolute atomic E-state index is 11.4. The zero-order chi connectivity index (χ0) is 13.5. The van der Waals surface area contributed by atoms with Crippen molar-refractivity contribution in [1.82, 2.24) is 5.32 Å². The van der Waals surface area contributed by atoms with Crippen molar-refractivity contribution in [3.8, 4) is 0 Å². The van der Waals surface area contributed by atoms with Crippen LogP contribution in [-0.4, -0.2) is 19.0 Å². The molecule has 0 aliphatic rings. The molecule has 0 fully saturated rings. The summed E-state index contributed by atoms with van der Waals surface area (Å²) in [6, 6.07) is 4.67. The Labute approximate surface area is 110 Å². The van der Waals surface area contributed by atoms with Crippen LogP contribution in [0, 0.1) is 6.92 Å². The molecule has 0 bridgehead atoms. The SMILES string of the molecule is Cc1ccc(C(NCCN=[N+]=[N-])C(N)=O)cc1Cl. The fraction of sp³-hybridized carbons (Fsp3) is 0.364. The van der Waals surface area contributed by atoms with Gasteiger partial charge in [-0.15, -0.1) is 0 Å². The van der Waals surface area contributed by atoms with Crippen molar-refractivity contribution in [3.05, 3.63) is 44.8 Å². The van der Waals surface area contributed by atoms with E-state index in [1.807, 2.05) is 13.0 Å². The van der Waals surface area contributed by atoms with Crippen LogP contribution in [0.15, 0.2) is 23.3 Å². The van der Waals surface area contributed by atoms with Crippen LogP contribution in [0.2, 0.25) is 5.02 Å². The Morgan fingerprint density at radius 2 is 2.39 bits per heavy atom. The first-order chi connectivity index (χ1) is 8.56. The molecule has 1 amide bonds. The summed E-state index contributed by atoms with van der Waals surface area (Å²) in [5, 5.41) is 6.87. The number of halogens is 1. The van der Waals surface area contributed by atoms with Gasteiger partial charge in [0.05, 0.1) is 0 Å². The number of hydrogen-bond donors (Lipinski definition) is 2. The van der Waals surface area contributed by atoms with Crippen molar-refractivity contribution >= 4 is 17.5 Å². The van der Waals surface area contributed by atoms with Crippen LogP contribution in [-0.2, 0) is 4.79 Å². The highest BCUT2D eigenvalue weighted by Crippen LogP contribution is 2.21.